The molecule has 16 heavy (non-hydrogen) atoms. The van der Waals surface area contributed by atoms with Crippen LogP contribution in [0.3, 0.4) is 0 Å². The molecule has 2 aromatic rings. The van der Waals surface area contributed by atoms with E-state index in [2.05, 4.69) is 9.97 Å². The van der Waals surface area contributed by atoms with Gasteiger partial charge in [-0.05, 0) is 18.2 Å². The molecule has 5 heteroatoms. The summed E-state index contributed by atoms with van der Waals surface area (Å²) < 4.78 is 12.9. The number of hydrogen-bond donors (Lipinski definition) is 1. The van der Waals surface area contributed by atoms with Gasteiger partial charge < -0.3 is 5.73 Å². The minimum atomic E-state index is -0.554. The summed E-state index contributed by atoms with van der Waals surface area (Å²) in [5.74, 6) is -0.937. The quantitative estimate of drug-likeness (QED) is 0.772. The van der Waals surface area contributed by atoms with Crippen molar-refractivity contribution in [1.29, 1.82) is 0 Å². The van der Waals surface area contributed by atoms with Gasteiger partial charge in [0.25, 0.3) is 0 Å². The zero-order valence-corrected chi connectivity index (χ0v) is 8.22. The molecule has 0 bridgehead atoms. The van der Waals surface area contributed by atoms with Gasteiger partial charge in [-0.15, -0.1) is 0 Å². The average Bonchev–Trinajstić information content (AvgIpc) is 2.29. The third kappa shape index (κ3) is 2.03. The van der Waals surface area contributed by atoms with Gasteiger partial charge >= 0.3 is 0 Å². The Balaban J connectivity index is 2.35. The summed E-state index contributed by atoms with van der Waals surface area (Å²) in [5, 5.41) is 0. The number of pyridine rings is 2. The highest BCUT2D eigenvalue weighted by molar-refractivity contribution is 6.07. The zero-order chi connectivity index (χ0) is 11.5. The summed E-state index contributed by atoms with van der Waals surface area (Å²) in [6.07, 6.45) is 3.70. The maximum Gasteiger partial charge on any atom is 0.212 e. The Labute approximate surface area is 91.0 Å². The predicted molar refractivity (Wildman–Crippen MR) is 56.3 cm³/mol. The van der Waals surface area contributed by atoms with Crippen LogP contribution >= 0.6 is 0 Å². The van der Waals surface area contributed by atoms with E-state index in [1.165, 1.54) is 18.5 Å². The van der Waals surface area contributed by atoms with Crippen molar-refractivity contribution in [3.8, 4) is 0 Å². The normalized spacial score (nSPS) is 10.1. The molecular weight excluding hydrogens is 209 g/mol. The number of ketones is 1. The van der Waals surface area contributed by atoms with Crippen molar-refractivity contribution in [2.75, 3.05) is 5.73 Å². The molecule has 2 heterocycles. The van der Waals surface area contributed by atoms with Crippen LogP contribution in [0.25, 0.3) is 0 Å². The van der Waals surface area contributed by atoms with Crippen molar-refractivity contribution in [3.05, 3.63) is 53.9 Å². The van der Waals surface area contributed by atoms with Gasteiger partial charge in [-0.3, -0.25) is 14.8 Å². The van der Waals surface area contributed by atoms with E-state index in [1.807, 2.05) is 0 Å². The van der Waals surface area contributed by atoms with Gasteiger partial charge in [-0.2, -0.15) is 0 Å². The summed E-state index contributed by atoms with van der Waals surface area (Å²) in [7, 11) is 0. The topological polar surface area (TPSA) is 68.9 Å². The van der Waals surface area contributed by atoms with E-state index in [1.54, 1.807) is 6.07 Å². The summed E-state index contributed by atoms with van der Waals surface area (Å²) in [4.78, 5) is 19.3. The largest absolute Gasteiger partial charge is 0.397 e. The Hall–Kier alpha value is -2.30. The second-order valence-electron chi connectivity index (χ2n) is 3.20. The van der Waals surface area contributed by atoms with E-state index in [9.17, 15) is 9.18 Å². The Morgan fingerprint density at radius 1 is 1.25 bits per heavy atom. The van der Waals surface area contributed by atoms with Crippen LogP contribution in [0.2, 0.25) is 0 Å². The lowest BCUT2D eigenvalue weighted by Gasteiger charge is -2.00. The molecule has 4 nitrogen and oxygen atoms in total. The fourth-order valence-electron chi connectivity index (χ4n) is 1.22. The van der Waals surface area contributed by atoms with Crippen LogP contribution in [0.5, 0.6) is 0 Å². The smallest absolute Gasteiger partial charge is 0.212 e. The van der Waals surface area contributed by atoms with Crippen LogP contribution < -0.4 is 5.73 Å². The van der Waals surface area contributed by atoms with Gasteiger partial charge in [-0.1, -0.05) is 0 Å². The minimum Gasteiger partial charge on any atom is -0.397 e. The Bertz CT molecular complexity index is 525. The first-order valence-electron chi connectivity index (χ1n) is 4.53. The lowest BCUT2D eigenvalue weighted by molar-refractivity contribution is 0.103. The molecule has 0 aliphatic carbocycles. The number of anilines is 1. The first-order valence-corrected chi connectivity index (χ1v) is 4.53. The van der Waals surface area contributed by atoms with Crippen molar-refractivity contribution >= 4 is 11.5 Å². The molecule has 0 fully saturated rings. The number of carbonyl (C=O) groups excluding carboxylic acids is 1. The van der Waals surface area contributed by atoms with Crippen LogP contribution in [0.4, 0.5) is 10.1 Å². The fraction of sp³-hybridized carbons (Fsp3) is 0. The number of hydrogen-bond acceptors (Lipinski definition) is 4. The molecule has 0 spiro atoms. The van der Waals surface area contributed by atoms with Crippen molar-refractivity contribution in [1.82, 2.24) is 9.97 Å². The number of nitrogen functional groups attached to an aromatic ring is 1. The van der Waals surface area contributed by atoms with Gasteiger partial charge in [0.2, 0.25) is 5.78 Å². The molecule has 0 amide bonds. The molecule has 2 aromatic heterocycles. The number of nitrogens with two attached hydrogens (primary N) is 1. The second kappa shape index (κ2) is 4.06. The van der Waals surface area contributed by atoms with Crippen LogP contribution in [0.1, 0.15) is 16.1 Å². The summed E-state index contributed by atoms with van der Waals surface area (Å²) in [6.45, 7) is 0. The number of nitrogens with zero attached hydrogens (tertiary/aromatic N) is 2. The van der Waals surface area contributed by atoms with Crippen LogP contribution in [0, 0.1) is 5.82 Å². The molecule has 0 aliphatic rings. The molecule has 0 saturated heterocycles. The van der Waals surface area contributed by atoms with E-state index < -0.39 is 5.82 Å². The SMILES string of the molecule is Nc1ccc(C(=O)c2cncc(F)c2)nc1. The summed E-state index contributed by atoms with van der Waals surface area (Å²) in [5.41, 5.74) is 6.28. The highest BCUT2D eigenvalue weighted by Crippen LogP contribution is 2.09. The standard InChI is InChI=1S/C11H8FN3O/c12-8-3-7(4-14-5-8)11(16)10-2-1-9(13)6-15-10/h1-6H,13H2. The Kier molecular flexibility index (Phi) is 2.59. The molecule has 0 saturated carbocycles. The van der Waals surface area contributed by atoms with Gasteiger partial charge in [0, 0.05) is 11.8 Å². The van der Waals surface area contributed by atoms with Crippen LogP contribution in [0.15, 0.2) is 36.8 Å². The Morgan fingerprint density at radius 2 is 2.06 bits per heavy atom. The first kappa shape index (κ1) is 10.2. The maximum atomic E-state index is 12.9. The molecule has 0 radical (unpaired) electrons. The first-order chi connectivity index (χ1) is 7.66. The van der Waals surface area contributed by atoms with Crippen molar-refractivity contribution < 1.29 is 9.18 Å². The maximum absolute atomic E-state index is 12.9. The molecule has 0 aromatic carbocycles. The lowest BCUT2D eigenvalue weighted by Crippen LogP contribution is -2.05. The molecule has 0 aliphatic heterocycles. The molecule has 0 atom stereocenters. The lowest BCUT2D eigenvalue weighted by atomic mass is 10.1. The van der Waals surface area contributed by atoms with Crippen molar-refractivity contribution in [3.63, 3.8) is 0 Å². The van der Waals surface area contributed by atoms with Crippen molar-refractivity contribution in [2.45, 2.75) is 0 Å². The number of aromatic nitrogens is 2. The van der Waals surface area contributed by atoms with Crippen molar-refractivity contribution in [2.24, 2.45) is 0 Å². The number of carbonyl (C=O) groups is 1. The van der Waals surface area contributed by atoms with Gasteiger partial charge in [0.15, 0.2) is 0 Å². The van der Waals surface area contributed by atoms with E-state index in [-0.39, 0.29) is 17.0 Å². The molecule has 80 valence electrons. The molecular formula is C11H8FN3O. The Morgan fingerprint density at radius 3 is 2.69 bits per heavy atom. The van der Waals surface area contributed by atoms with Crippen LogP contribution in [-0.2, 0) is 0 Å². The van der Waals surface area contributed by atoms with E-state index in [4.69, 9.17) is 5.73 Å². The van der Waals surface area contributed by atoms with Gasteiger partial charge in [0.1, 0.15) is 11.5 Å². The van der Waals surface area contributed by atoms with Gasteiger partial charge in [0.05, 0.1) is 18.1 Å². The summed E-state index contributed by atoms with van der Waals surface area (Å²) in [6, 6.07) is 4.17. The third-order valence-electron chi connectivity index (χ3n) is 1.99. The monoisotopic (exact) mass is 217 g/mol. The fourth-order valence-corrected chi connectivity index (χ4v) is 1.22. The number of halogens is 1. The zero-order valence-electron chi connectivity index (χ0n) is 8.22. The third-order valence-corrected chi connectivity index (χ3v) is 1.99. The second-order valence-corrected chi connectivity index (χ2v) is 3.20. The van der Waals surface area contributed by atoms with E-state index >= 15 is 0 Å². The predicted octanol–water partition coefficient (Wildman–Crippen LogP) is 1.43. The highest BCUT2D eigenvalue weighted by Gasteiger charge is 2.11. The molecule has 2 rings (SSSR count). The highest BCUT2D eigenvalue weighted by atomic mass is 19.1. The molecule has 2 N–H and O–H groups in total. The van der Waals surface area contributed by atoms with Gasteiger partial charge in [-0.25, -0.2) is 4.39 Å². The van der Waals surface area contributed by atoms with E-state index in [0.29, 0.717) is 5.69 Å². The summed E-state index contributed by atoms with van der Waals surface area (Å²) >= 11 is 0. The molecule has 0 unspecified atom stereocenters. The number of rotatable bonds is 2. The average molecular weight is 217 g/mol. The van der Waals surface area contributed by atoms with E-state index in [0.717, 1.165) is 12.3 Å². The van der Waals surface area contributed by atoms with Crippen LogP contribution in [-0.4, -0.2) is 15.8 Å². The minimum absolute atomic E-state index is 0.164.